The van der Waals surface area contributed by atoms with Crippen LogP contribution in [0.1, 0.15) is 12.8 Å². The summed E-state index contributed by atoms with van der Waals surface area (Å²) in [7, 11) is 0. The number of hydrogen-bond acceptors (Lipinski definition) is 5. The lowest BCUT2D eigenvalue weighted by molar-refractivity contribution is -0.148. The number of carbonyl (C=O) groups excluding carboxylic acids is 1. The van der Waals surface area contributed by atoms with Gasteiger partial charge >= 0.3 is 5.97 Å². The third kappa shape index (κ3) is 2.00. The Labute approximate surface area is 90.8 Å². The summed E-state index contributed by atoms with van der Waals surface area (Å²) in [5, 5.41) is 19.3. The zero-order chi connectivity index (χ0) is 11.5. The van der Waals surface area contributed by atoms with Gasteiger partial charge in [0, 0.05) is 6.54 Å². The number of nitrogens with zero attached hydrogens (tertiary/aromatic N) is 5. The van der Waals surface area contributed by atoms with Gasteiger partial charge in [0.2, 0.25) is 5.91 Å². The van der Waals surface area contributed by atoms with Crippen molar-refractivity contribution in [1.82, 2.24) is 25.1 Å². The van der Waals surface area contributed by atoms with Gasteiger partial charge in [-0.3, -0.25) is 4.79 Å². The molecule has 1 amide bonds. The molecule has 16 heavy (non-hydrogen) atoms. The molecule has 86 valence electrons. The number of carboxylic acids is 1. The third-order valence-electron chi connectivity index (χ3n) is 2.55. The standard InChI is InChI=1S/C8H11N5O3/c14-7(4-12-5-9-10-11-12)13-3-1-2-6(13)8(15)16/h5-6H,1-4H2,(H,15,16)/t6-/m0/s1. The monoisotopic (exact) mass is 225 g/mol. The molecule has 1 N–H and O–H groups in total. The van der Waals surface area contributed by atoms with Crippen molar-refractivity contribution in [1.29, 1.82) is 0 Å². The highest BCUT2D eigenvalue weighted by Crippen LogP contribution is 2.17. The van der Waals surface area contributed by atoms with E-state index in [0.29, 0.717) is 13.0 Å². The van der Waals surface area contributed by atoms with Crippen molar-refractivity contribution in [2.24, 2.45) is 0 Å². The maximum atomic E-state index is 11.8. The van der Waals surface area contributed by atoms with Crippen molar-refractivity contribution >= 4 is 11.9 Å². The summed E-state index contributed by atoms with van der Waals surface area (Å²) in [6, 6.07) is -0.705. The van der Waals surface area contributed by atoms with Crippen molar-refractivity contribution < 1.29 is 14.7 Å². The summed E-state index contributed by atoms with van der Waals surface area (Å²) in [4.78, 5) is 24.0. The molecular formula is C8H11N5O3. The average Bonchev–Trinajstić information content (AvgIpc) is 2.86. The first-order valence-corrected chi connectivity index (χ1v) is 4.91. The Morgan fingerprint density at radius 2 is 2.31 bits per heavy atom. The number of tetrazole rings is 1. The predicted molar refractivity (Wildman–Crippen MR) is 50.2 cm³/mol. The summed E-state index contributed by atoms with van der Waals surface area (Å²) < 4.78 is 1.28. The van der Waals surface area contributed by atoms with Crippen LogP contribution in [0.4, 0.5) is 0 Å². The van der Waals surface area contributed by atoms with Gasteiger partial charge in [-0.25, -0.2) is 9.48 Å². The highest BCUT2D eigenvalue weighted by molar-refractivity contribution is 5.84. The Balaban J connectivity index is 2.01. The first-order valence-electron chi connectivity index (χ1n) is 4.91. The van der Waals surface area contributed by atoms with E-state index in [0.717, 1.165) is 6.42 Å². The Morgan fingerprint density at radius 3 is 2.94 bits per heavy atom. The van der Waals surface area contributed by atoms with E-state index in [1.165, 1.54) is 15.9 Å². The highest BCUT2D eigenvalue weighted by atomic mass is 16.4. The molecular weight excluding hydrogens is 214 g/mol. The Hall–Kier alpha value is -1.99. The lowest BCUT2D eigenvalue weighted by atomic mass is 10.2. The fourth-order valence-corrected chi connectivity index (χ4v) is 1.80. The number of rotatable bonds is 3. The topological polar surface area (TPSA) is 101 Å². The zero-order valence-corrected chi connectivity index (χ0v) is 8.48. The van der Waals surface area contributed by atoms with E-state index in [1.807, 2.05) is 0 Å². The van der Waals surface area contributed by atoms with Crippen molar-refractivity contribution in [3.05, 3.63) is 6.33 Å². The summed E-state index contributed by atoms with van der Waals surface area (Å²) >= 11 is 0. The fourth-order valence-electron chi connectivity index (χ4n) is 1.80. The van der Waals surface area contributed by atoms with Crippen LogP contribution in [-0.4, -0.2) is 54.7 Å². The van der Waals surface area contributed by atoms with Gasteiger partial charge in [-0.15, -0.1) is 5.10 Å². The maximum absolute atomic E-state index is 11.8. The SMILES string of the molecule is O=C(O)[C@@H]1CCCN1C(=O)Cn1cnnn1. The molecule has 1 aromatic rings. The maximum Gasteiger partial charge on any atom is 0.326 e. The molecule has 0 bridgehead atoms. The van der Waals surface area contributed by atoms with E-state index in [9.17, 15) is 9.59 Å². The molecule has 0 saturated carbocycles. The van der Waals surface area contributed by atoms with Crippen LogP contribution in [0.5, 0.6) is 0 Å². The molecule has 0 unspecified atom stereocenters. The van der Waals surface area contributed by atoms with Gasteiger partial charge in [0.15, 0.2) is 0 Å². The average molecular weight is 225 g/mol. The van der Waals surface area contributed by atoms with Gasteiger partial charge in [0.25, 0.3) is 0 Å². The third-order valence-corrected chi connectivity index (χ3v) is 2.55. The highest BCUT2D eigenvalue weighted by Gasteiger charge is 2.33. The van der Waals surface area contributed by atoms with E-state index in [-0.39, 0.29) is 12.5 Å². The Kier molecular flexibility index (Phi) is 2.80. The Morgan fingerprint density at radius 1 is 1.50 bits per heavy atom. The second kappa shape index (κ2) is 4.25. The minimum absolute atomic E-state index is 0.0171. The molecule has 2 rings (SSSR count). The molecule has 1 fully saturated rings. The molecule has 8 nitrogen and oxygen atoms in total. The van der Waals surface area contributed by atoms with E-state index >= 15 is 0 Å². The molecule has 0 spiro atoms. The van der Waals surface area contributed by atoms with Gasteiger partial charge < -0.3 is 10.0 Å². The first-order chi connectivity index (χ1) is 7.68. The van der Waals surface area contributed by atoms with Crippen molar-refractivity contribution in [2.75, 3.05) is 6.54 Å². The normalized spacial score (nSPS) is 20.0. The molecule has 1 aliphatic heterocycles. The van der Waals surface area contributed by atoms with E-state index in [1.54, 1.807) is 0 Å². The van der Waals surface area contributed by atoms with Crippen LogP contribution in [0.2, 0.25) is 0 Å². The summed E-state index contributed by atoms with van der Waals surface area (Å²) in [5.74, 6) is -1.22. The minimum atomic E-state index is -0.956. The smallest absolute Gasteiger partial charge is 0.326 e. The molecule has 1 atom stereocenters. The number of likely N-dealkylation sites (tertiary alicyclic amines) is 1. The summed E-state index contributed by atoms with van der Waals surface area (Å²) in [6.07, 6.45) is 2.55. The van der Waals surface area contributed by atoms with Crippen LogP contribution in [0.15, 0.2) is 6.33 Å². The lowest BCUT2D eigenvalue weighted by Gasteiger charge is -2.20. The van der Waals surface area contributed by atoms with E-state index < -0.39 is 12.0 Å². The van der Waals surface area contributed by atoms with Gasteiger partial charge in [-0.1, -0.05) is 0 Å². The number of carbonyl (C=O) groups is 2. The summed E-state index contributed by atoms with van der Waals surface area (Å²) in [5.41, 5.74) is 0. The summed E-state index contributed by atoms with van der Waals surface area (Å²) in [6.45, 7) is 0.467. The van der Waals surface area contributed by atoms with Crippen LogP contribution in [0.25, 0.3) is 0 Å². The second-order valence-electron chi connectivity index (χ2n) is 3.59. The number of hydrogen-bond donors (Lipinski definition) is 1. The van der Waals surface area contributed by atoms with Crippen LogP contribution in [0.3, 0.4) is 0 Å². The number of amides is 1. The van der Waals surface area contributed by atoms with Gasteiger partial charge in [0.05, 0.1) is 0 Å². The van der Waals surface area contributed by atoms with Crippen molar-refractivity contribution in [2.45, 2.75) is 25.4 Å². The molecule has 1 aliphatic rings. The zero-order valence-electron chi connectivity index (χ0n) is 8.48. The largest absolute Gasteiger partial charge is 0.480 e. The van der Waals surface area contributed by atoms with Gasteiger partial charge in [0.1, 0.15) is 18.9 Å². The minimum Gasteiger partial charge on any atom is -0.480 e. The Bertz CT molecular complexity index is 390. The van der Waals surface area contributed by atoms with Crippen LogP contribution in [0, 0.1) is 0 Å². The number of aromatic nitrogens is 4. The van der Waals surface area contributed by atoms with Gasteiger partial charge in [-0.05, 0) is 23.3 Å². The second-order valence-corrected chi connectivity index (χ2v) is 3.59. The molecule has 2 heterocycles. The first kappa shape index (κ1) is 10.5. The predicted octanol–water partition coefficient (Wildman–Crippen LogP) is -1.25. The molecule has 8 heteroatoms. The van der Waals surface area contributed by atoms with Gasteiger partial charge in [-0.2, -0.15) is 0 Å². The molecule has 0 radical (unpaired) electrons. The van der Waals surface area contributed by atoms with Crippen LogP contribution < -0.4 is 0 Å². The molecule has 0 aliphatic carbocycles. The van der Waals surface area contributed by atoms with E-state index in [4.69, 9.17) is 5.11 Å². The van der Waals surface area contributed by atoms with Crippen LogP contribution >= 0.6 is 0 Å². The number of aliphatic carboxylic acids is 1. The fraction of sp³-hybridized carbons (Fsp3) is 0.625. The van der Waals surface area contributed by atoms with Crippen LogP contribution in [-0.2, 0) is 16.1 Å². The lowest BCUT2D eigenvalue weighted by Crippen LogP contribution is -2.42. The molecule has 1 aromatic heterocycles. The van der Waals surface area contributed by atoms with Crippen molar-refractivity contribution in [3.8, 4) is 0 Å². The quantitative estimate of drug-likeness (QED) is 0.689. The number of carboxylic acid groups (broad SMARTS) is 1. The molecule has 1 saturated heterocycles. The van der Waals surface area contributed by atoms with Crippen molar-refractivity contribution in [3.63, 3.8) is 0 Å². The molecule has 0 aromatic carbocycles. The van der Waals surface area contributed by atoms with E-state index in [2.05, 4.69) is 15.5 Å².